The molecule has 28 heavy (non-hydrogen) atoms. The minimum absolute atomic E-state index is 0.207. The molecule has 3 N–H and O–H groups in total. The summed E-state index contributed by atoms with van der Waals surface area (Å²) in [6.07, 6.45) is 0. The number of carbonyl (C=O) groups is 3. The summed E-state index contributed by atoms with van der Waals surface area (Å²) in [6.45, 7) is 4.95. The average molecular weight is 406 g/mol. The molecule has 148 valence electrons. The molecule has 1 atom stereocenters. The Bertz CT molecular complexity index is 885. The maximum atomic E-state index is 13.0. The van der Waals surface area contributed by atoms with E-state index in [2.05, 4.69) is 16.0 Å². The van der Waals surface area contributed by atoms with E-state index in [1.807, 2.05) is 0 Å². The molecule has 0 spiro atoms. The average Bonchev–Trinajstić information content (AvgIpc) is 2.61. The molecular formula is C20H21ClFN3O3. The zero-order valence-electron chi connectivity index (χ0n) is 15.7. The van der Waals surface area contributed by atoms with Crippen molar-refractivity contribution in [2.45, 2.75) is 26.8 Å². The molecule has 0 aliphatic heterocycles. The Morgan fingerprint density at radius 1 is 1.00 bits per heavy atom. The fraction of sp³-hybridized carbons (Fsp3) is 0.250. The van der Waals surface area contributed by atoms with Gasteiger partial charge < -0.3 is 16.0 Å². The molecule has 0 aromatic heterocycles. The topological polar surface area (TPSA) is 87.3 Å². The number of carbonyl (C=O) groups excluding carboxylic acids is 3. The molecule has 0 saturated heterocycles. The highest BCUT2D eigenvalue weighted by atomic mass is 35.5. The van der Waals surface area contributed by atoms with Crippen molar-refractivity contribution in [2.75, 3.05) is 10.6 Å². The molecular weight excluding hydrogens is 385 g/mol. The molecule has 3 amide bonds. The first-order valence-electron chi connectivity index (χ1n) is 8.62. The first-order chi connectivity index (χ1) is 13.2. The lowest BCUT2D eigenvalue weighted by molar-refractivity contribution is -0.119. The molecule has 2 rings (SSSR count). The van der Waals surface area contributed by atoms with Crippen LogP contribution in [0.5, 0.6) is 0 Å². The van der Waals surface area contributed by atoms with Gasteiger partial charge in [0.15, 0.2) is 0 Å². The maximum absolute atomic E-state index is 13.0. The highest BCUT2D eigenvalue weighted by Gasteiger charge is 2.25. The lowest BCUT2D eigenvalue weighted by Crippen LogP contribution is -2.47. The third kappa shape index (κ3) is 5.79. The normalized spacial score (nSPS) is 11.6. The van der Waals surface area contributed by atoms with E-state index in [-0.39, 0.29) is 22.4 Å². The van der Waals surface area contributed by atoms with E-state index in [9.17, 15) is 18.8 Å². The number of hydrogen-bond donors (Lipinski definition) is 3. The summed E-state index contributed by atoms with van der Waals surface area (Å²) in [5.74, 6) is -1.83. The second-order valence-corrected chi connectivity index (χ2v) is 6.97. The molecule has 0 radical (unpaired) electrons. The molecule has 6 nitrogen and oxygen atoms in total. The number of benzene rings is 2. The van der Waals surface area contributed by atoms with Crippen molar-refractivity contribution in [3.05, 3.63) is 58.9 Å². The van der Waals surface area contributed by atoms with Crippen LogP contribution in [0.2, 0.25) is 5.02 Å². The van der Waals surface area contributed by atoms with Crippen LogP contribution in [0.4, 0.5) is 15.8 Å². The van der Waals surface area contributed by atoms with Crippen molar-refractivity contribution in [1.82, 2.24) is 5.32 Å². The molecule has 2 aromatic rings. The Morgan fingerprint density at radius 3 is 2.18 bits per heavy atom. The van der Waals surface area contributed by atoms with Gasteiger partial charge in [0.2, 0.25) is 11.8 Å². The van der Waals surface area contributed by atoms with E-state index in [4.69, 9.17) is 11.6 Å². The van der Waals surface area contributed by atoms with E-state index < -0.39 is 23.7 Å². The standard InChI is InChI=1S/C20H21ClFN3O3/c1-11(2)18(25-19(27)13-4-6-14(22)7-5-13)20(28)24-17-9-8-15(10-16(17)21)23-12(3)26/h4-11,18H,1-3H3,(H,23,26)(H,24,28)(H,25,27). The Balaban J connectivity index is 2.11. The Kier molecular flexibility index (Phi) is 7.12. The van der Waals surface area contributed by atoms with Crippen molar-refractivity contribution in [1.29, 1.82) is 0 Å². The van der Waals surface area contributed by atoms with Crippen molar-refractivity contribution in [2.24, 2.45) is 5.92 Å². The number of anilines is 2. The lowest BCUT2D eigenvalue weighted by Gasteiger charge is -2.22. The van der Waals surface area contributed by atoms with Crippen molar-refractivity contribution < 1.29 is 18.8 Å². The highest BCUT2D eigenvalue weighted by molar-refractivity contribution is 6.34. The summed E-state index contributed by atoms with van der Waals surface area (Å²) >= 11 is 6.17. The molecule has 0 heterocycles. The fourth-order valence-electron chi connectivity index (χ4n) is 2.47. The van der Waals surface area contributed by atoms with Crippen molar-refractivity contribution in [3.63, 3.8) is 0 Å². The molecule has 0 aliphatic carbocycles. The monoisotopic (exact) mass is 405 g/mol. The molecule has 0 saturated carbocycles. The zero-order valence-corrected chi connectivity index (χ0v) is 16.4. The summed E-state index contributed by atoms with van der Waals surface area (Å²) in [5.41, 5.74) is 1.10. The van der Waals surface area contributed by atoms with Crippen molar-refractivity contribution in [3.8, 4) is 0 Å². The van der Waals surface area contributed by atoms with E-state index in [0.717, 1.165) is 0 Å². The van der Waals surface area contributed by atoms with Gasteiger partial charge in [0.1, 0.15) is 11.9 Å². The quantitative estimate of drug-likeness (QED) is 0.682. The highest BCUT2D eigenvalue weighted by Crippen LogP contribution is 2.26. The Hall–Kier alpha value is -2.93. The van der Waals surface area contributed by atoms with Gasteiger partial charge in [-0.15, -0.1) is 0 Å². The second-order valence-electron chi connectivity index (χ2n) is 6.57. The smallest absolute Gasteiger partial charge is 0.251 e. The van der Waals surface area contributed by atoms with Gasteiger partial charge in [-0.3, -0.25) is 14.4 Å². The molecule has 8 heteroatoms. The van der Waals surface area contributed by atoms with Crippen LogP contribution in [0.3, 0.4) is 0 Å². The van der Waals surface area contributed by atoms with E-state index >= 15 is 0 Å². The summed E-state index contributed by atoms with van der Waals surface area (Å²) in [7, 11) is 0. The predicted molar refractivity (Wildman–Crippen MR) is 107 cm³/mol. The van der Waals surface area contributed by atoms with Crippen LogP contribution in [-0.4, -0.2) is 23.8 Å². The summed E-state index contributed by atoms with van der Waals surface area (Å²) in [4.78, 5) is 36.1. The zero-order chi connectivity index (χ0) is 20.8. The van der Waals surface area contributed by atoms with Gasteiger partial charge in [-0.25, -0.2) is 4.39 Å². The van der Waals surface area contributed by atoms with E-state index in [1.54, 1.807) is 26.0 Å². The summed E-state index contributed by atoms with van der Waals surface area (Å²) in [6, 6.07) is 8.89. The van der Waals surface area contributed by atoms with Crippen LogP contribution in [0.25, 0.3) is 0 Å². The van der Waals surface area contributed by atoms with Gasteiger partial charge in [0, 0.05) is 18.2 Å². The Labute approximate surface area is 167 Å². The van der Waals surface area contributed by atoms with Gasteiger partial charge in [0.05, 0.1) is 10.7 Å². The summed E-state index contributed by atoms with van der Waals surface area (Å²) in [5, 5.41) is 8.17. The number of hydrogen-bond acceptors (Lipinski definition) is 3. The van der Waals surface area contributed by atoms with Gasteiger partial charge >= 0.3 is 0 Å². The van der Waals surface area contributed by atoms with Crippen LogP contribution in [0, 0.1) is 11.7 Å². The molecule has 0 bridgehead atoms. The number of nitrogens with one attached hydrogen (secondary N) is 3. The largest absolute Gasteiger partial charge is 0.340 e. The van der Waals surface area contributed by atoms with Crippen LogP contribution < -0.4 is 16.0 Å². The van der Waals surface area contributed by atoms with E-state index in [0.29, 0.717) is 11.4 Å². The number of halogens is 2. The molecule has 0 aliphatic rings. The summed E-state index contributed by atoms with van der Waals surface area (Å²) < 4.78 is 13.0. The Morgan fingerprint density at radius 2 is 1.64 bits per heavy atom. The molecule has 1 unspecified atom stereocenters. The van der Waals surface area contributed by atoms with Crippen LogP contribution in [0.15, 0.2) is 42.5 Å². The number of rotatable bonds is 6. The van der Waals surface area contributed by atoms with Crippen molar-refractivity contribution >= 4 is 40.7 Å². The fourth-order valence-corrected chi connectivity index (χ4v) is 2.70. The SMILES string of the molecule is CC(=O)Nc1ccc(NC(=O)C(NC(=O)c2ccc(F)cc2)C(C)C)c(Cl)c1. The minimum Gasteiger partial charge on any atom is -0.340 e. The van der Waals surface area contributed by atoms with Gasteiger partial charge in [-0.05, 0) is 48.4 Å². The van der Waals surface area contributed by atoms with Crippen LogP contribution in [0.1, 0.15) is 31.1 Å². The minimum atomic E-state index is -0.830. The van der Waals surface area contributed by atoms with Gasteiger partial charge in [-0.2, -0.15) is 0 Å². The third-order valence-corrected chi connectivity index (χ3v) is 4.20. The maximum Gasteiger partial charge on any atom is 0.251 e. The first-order valence-corrected chi connectivity index (χ1v) is 8.99. The lowest BCUT2D eigenvalue weighted by atomic mass is 10.0. The molecule has 2 aromatic carbocycles. The third-order valence-electron chi connectivity index (χ3n) is 3.89. The van der Waals surface area contributed by atoms with Crippen LogP contribution >= 0.6 is 11.6 Å². The van der Waals surface area contributed by atoms with Crippen LogP contribution in [-0.2, 0) is 9.59 Å². The first kappa shape index (κ1) is 21.4. The molecule has 0 fully saturated rings. The predicted octanol–water partition coefficient (Wildman–Crippen LogP) is 3.83. The number of amides is 3. The second kappa shape index (κ2) is 9.32. The van der Waals surface area contributed by atoms with Gasteiger partial charge in [-0.1, -0.05) is 25.4 Å². The van der Waals surface area contributed by atoms with E-state index in [1.165, 1.54) is 37.3 Å². The van der Waals surface area contributed by atoms with Gasteiger partial charge in [0.25, 0.3) is 5.91 Å².